The first kappa shape index (κ1) is 19.9. The van der Waals surface area contributed by atoms with E-state index in [1.165, 1.54) is 0 Å². The predicted octanol–water partition coefficient (Wildman–Crippen LogP) is 1.51. The summed E-state index contributed by atoms with van der Waals surface area (Å²) in [6, 6.07) is 7.18. The van der Waals surface area contributed by atoms with E-state index >= 15 is 0 Å². The molecular weight excluding hydrogens is 338 g/mol. The fourth-order valence-electron chi connectivity index (χ4n) is 3.36. The zero-order valence-corrected chi connectivity index (χ0v) is 15.8. The average Bonchev–Trinajstić information content (AvgIpc) is 3.01. The molecule has 1 saturated carbocycles. The highest BCUT2D eigenvalue weighted by Gasteiger charge is 2.31. The number of nitrogens with one attached hydrogen (secondary N) is 2. The van der Waals surface area contributed by atoms with Crippen LogP contribution in [0.1, 0.15) is 44.2 Å². The molecule has 6 nitrogen and oxygen atoms in total. The highest BCUT2D eigenvalue weighted by atomic mass is 32.2. The Hall–Kier alpha value is -1.44. The third kappa shape index (κ3) is 6.09. The molecule has 7 heteroatoms. The number of hydrogen-bond donors (Lipinski definition) is 3. The van der Waals surface area contributed by atoms with Gasteiger partial charge in [-0.2, -0.15) is 0 Å². The summed E-state index contributed by atoms with van der Waals surface area (Å²) in [5.74, 6) is 0.344. The van der Waals surface area contributed by atoms with E-state index in [1.54, 1.807) is 26.0 Å². The largest absolute Gasteiger partial charge is 0.352 e. The quantitative estimate of drug-likeness (QED) is 0.648. The van der Waals surface area contributed by atoms with Gasteiger partial charge in [0.15, 0.2) is 0 Å². The summed E-state index contributed by atoms with van der Waals surface area (Å²) in [6.07, 6.45) is 3.00. The second-order valence-electron chi connectivity index (χ2n) is 7.10. The normalized spacial score (nSPS) is 20.8. The van der Waals surface area contributed by atoms with Crippen LogP contribution in [0, 0.1) is 11.8 Å². The lowest BCUT2D eigenvalue weighted by molar-refractivity contribution is -0.126. The zero-order valence-electron chi connectivity index (χ0n) is 15.0. The molecule has 0 aromatic heterocycles. The van der Waals surface area contributed by atoms with Crippen LogP contribution in [0.3, 0.4) is 0 Å². The highest BCUT2D eigenvalue weighted by molar-refractivity contribution is 7.88. The first-order valence-corrected chi connectivity index (χ1v) is 10.5. The van der Waals surface area contributed by atoms with Crippen LogP contribution in [0.4, 0.5) is 0 Å². The molecule has 4 N–H and O–H groups in total. The molecular formula is C18H29N3O3S. The van der Waals surface area contributed by atoms with Gasteiger partial charge in [0.05, 0.1) is 5.75 Å². The fourth-order valence-corrected chi connectivity index (χ4v) is 4.79. The lowest BCUT2D eigenvalue weighted by atomic mass is 9.95. The minimum Gasteiger partial charge on any atom is -0.352 e. The van der Waals surface area contributed by atoms with Gasteiger partial charge in [-0.25, -0.2) is 13.1 Å². The number of rotatable bonds is 8. The smallest absolute Gasteiger partial charge is 0.223 e. The highest BCUT2D eigenvalue weighted by Crippen LogP contribution is 2.30. The van der Waals surface area contributed by atoms with Crippen molar-refractivity contribution >= 4 is 15.9 Å². The Morgan fingerprint density at radius 1 is 1.20 bits per heavy atom. The maximum atomic E-state index is 12.3. The van der Waals surface area contributed by atoms with E-state index in [-0.39, 0.29) is 23.6 Å². The van der Waals surface area contributed by atoms with Crippen molar-refractivity contribution in [2.75, 3.05) is 6.54 Å². The van der Waals surface area contributed by atoms with Crippen molar-refractivity contribution in [1.82, 2.24) is 10.0 Å². The van der Waals surface area contributed by atoms with Gasteiger partial charge in [0, 0.05) is 18.5 Å². The van der Waals surface area contributed by atoms with Crippen molar-refractivity contribution < 1.29 is 13.2 Å². The second kappa shape index (κ2) is 8.78. The van der Waals surface area contributed by atoms with E-state index in [0.717, 1.165) is 30.4 Å². The van der Waals surface area contributed by atoms with E-state index < -0.39 is 10.0 Å². The first-order chi connectivity index (χ1) is 11.8. The third-order valence-corrected chi connectivity index (χ3v) is 6.10. The SMILES string of the molecule is CC(C)NS(=O)(=O)Cc1ccc(CNC(=O)[C@@H]2CCC[C@@H]2CN)cc1. The van der Waals surface area contributed by atoms with Crippen LogP contribution in [0.2, 0.25) is 0 Å². The molecule has 2 rings (SSSR count). The van der Waals surface area contributed by atoms with Gasteiger partial charge >= 0.3 is 0 Å². The lowest BCUT2D eigenvalue weighted by Crippen LogP contribution is -2.34. The van der Waals surface area contributed by atoms with Crippen molar-refractivity contribution in [1.29, 1.82) is 0 Å². The molecule has 0 bridgehead atoms. The van der Waals surface area contributed by atoms with Gasteiger partial charge < -0.3 is 11.1 Å². The number of nitrogens with two attached hydrogens (primary N) is 1. The van der Waals surface area contributed by atoms with E-state index in [0.29, 0.717) is 19.0 Å². The van der Waals surface area contributed by atoms with Crippen molar-refractivity contribution in [2.24, 2.45) is 17.6 Å². The molecule has 0 unspecified atom stereocenters. The molecule has 25 heavy (non-hydrogen) atoms. The predicted molar refractivity (Wildman–Crippen MR) is 99.1 cm³/mol. The molecule has 1 fully saturated rings. The first-order valence-electron chi connectivity index (χ1n) is 8.86. The van der Waals surface area contributed by atoms with Crippen molar-refractivity contribution in [3.8, 4) is 0 Å². The van der Waals surface area contributed by atoms with Crippen LogP contribution >= 0.6 is 0 Å². The van der Waals surface area contributed by atoms with Crippen molar-refractivity contribution in [3.63, 3.8) is 0 Å². The monoisotopic (exact) mass is 367 g/mol. The van der Waals surface area contributed by atoms with E-state index in [9.17, 15) is 13.2 Å². The van der Waals surface area contributed by atoms with Crippen LogP contribution in [-0.2, 0) is 27.1 Å². The third-order valence-electron chi connectivity index (χ3n) is 4.56. The maximum absolute atomic E-state index is 12.3. The maximum Gasteiger partial charge on any atom is 0.223 e. The van der Waals surface area contributed by atoms with Crippen LogP contribution in [0.25, 0.3) is 0 Å². The van der Waals surface area contributed by atoms with Crippen LogP contribution in [0.5, 0.6) is 0 Å². The van der Waals surface area contributed by atoms with Gasteiger partial charge in [0.2, 0.25) is 15.9 Å². The van der Waals surface area contributed by atoms with Crippen molar-refractivity contribution in [2.45, 2.75) is 51.4 Å². The molecule has 1 amide bonds. The summed E-state index contributed by atoms with van der Waals surface area (Å²) in [7, 11) is -3.32. The Morgan fingerprint density at radius 2 is 1.84 bits per heavy atom. The number of carbonyl (C=O) groups is 1. The molecule has 0 spiro atoms. The Bertz CT molecular complexity index is 671. The Kier molecular flexibility index (Phi) is 6.98. The lowest BCUT2D eigenvalue weighted by Gasteiger charge is -2.17. The summed E-state index contributed by atoms with van der Waals surface area (Å²) in [6.45, 7) is 4.60. The number of carbonyl (C=O) groups excluding carboxylic acids is 1. The Balaban J connectivity index is 1.87. The molecule has 0 aliphatic heterocycles. The zero-order chi connectivity index (χ0) is 18.4. The molecule has 140 valence electrons. The van der Waals surface area contributed by atoms with Crippen LogP contribution < -0.4 is 15.8 Å². The molecule has 1 aliphatic carbocycles. The Labute approximate surface area is 150 Å². The molecule has 1 aliphatic rings. The second-order valence-corrected chi connectivity index (χ2v) is 8.85. The molecule has 1 aromatic rings. The minimum atomic E-state index is -3.32. The summed E-state index contributed by atoms with van der Waals surface area (Å²) in [4.78, 5) is 12.3. The van der Waals surface area contributed by atoms with Gasteiger partial charge in [-0.3, -0.25) is 4.79 Å². The van der Waals surface area contributed by atoms with Gasteiger partial charge in [-0.15, -0.1) is 0 Å². The van der Waals surface area contributed by atoms with E-state index in [1.807, 2.05) is 12.1 Å². The Morgan fingerprint density at radius 3 is 2.44 bits per heavy atom. The van der Waals surface area contributed by atoms with Crippen LogP contribution in [-0.4, -0.2) is 26.9 Å². The summed E-state index contributed by atoms with van der Waals surface area (Å²) >= 11 is 0. The number of benzene rings is 1. The summed E-state index contributed by atoms with van der Waals surface area (Å²) in [5.41, 5.74) is 7.41. The topological polar surface area (TPSA) is 101 Å². The van der Waals surface area contributed by atoms with Gasteiger partial charge in [-0.05, 0) is 50.3 Å². The molecule has 1 aromatic carbocycles. The van der Waals surface area contributed by atoms with Crippen LogP contribution in [0.15, 0.2) is 24.3 Å². The van der Waals surface area contributed by atoms with Crippen molar-refractivity contribution in [3.05, 3.63) is 35.4 Å². The van der Waals surface area contributed by atoms with E-state index in [4.69, 9.17) is 5.73 Å². The standard InChI is InChI=1S/C18H29N3O3S/c1-13(2)21-25(23,24)12-15-8-6-14(7-9-15)11-20-18(22)17-5-3-4-16(17)10-19/h6-9,13,16-17,21H,3-5,10-12,19H2,1-2H3,(H,20,22)/t16-,17-/m1/s1. The number of sulfonamides is 1. The average molecular weight is 368 g/mol. The van der Waals surface area contributed by atoms with Gasteiger partial charge in [-0.1, -0.05) is 30.7 Å². The fraction of sp³-hybridized carbons (Fsp3) is 0.611. The van der Waals surface area contributed by atoms with Gasteiger partial charge in [0.25, 0.3) is 0 Å². The van der Waals surface area contributed by atoms with E-state index in [2.05, 4.69) is 10.0 Å². The summed E-state index contributed by atoms with van der Waals surface area (Å²) in [5, 5.41) is 2.97. The number of amides is 1. The summed E-state index contributed by atoms with van der Waals surface area (Å²) < 4.78 is 26.4. The minimum absolute atomic E-state index is 0.0246. The number of hydrogen-bond acceptors (Lipinski definition) is 4. The molecule has 2 atom stereocenters. The molecule has 0 heterocycles. The van der Waals surface area contributed by atoms with Gasteiger partial charge in [0.1, 0.15) is 0 Å². The molecule has 0 saturated heterocycles. The molecule has 0 radical (unpaired) electrons.